The van der Waals surface area contributed by atoms with E-state index in [2.05, 4.69) is 15.4 Å². The number of benzene rings is 1. The summed E-state index contributed by atoms with van der Waals surface area (Å²) in [5.74, 6) is -0.944. The lowest BCUT2D eigenvalue weighted by molar-refractivity contribution is 0.0938. The maximum Gasteiger partial charge on any atom is 0.413 e. The number of alkyl carbamates (subject to hydrolysis) is 1. The monoisotopic (exact) mass is 318 g/mol. The van der Waals surface area contributed by atoms with Crippen LogP contribution in [0.1, 0.15) is 26.3 Å². The van der Waals surface area contributed by atoms with Crippen molar-refractivity contribution in [2.24, 2.45) is 0 Å². The fraction of sp³-hybridized carbons (Fsp3) is 0.133. The van der Waals surface area contributed by atoms with Crippen molar-refractivity contribution < 1.29 is 19.1 Å². The second-order valence-electron chi connectivity index (χ2n) is 4.38. The van der Waals surface area contributed by atoms with Gasteiger partial charge in [-0.05, 0) is 30.0 Å². The second-order valence-corrected chi connectivity index (χ2v) is 5.29. The molecule has 0 bridgehead atoms. The molecule has 0 fully saturated rings. The van der Waals surface area contributed by atoms with Crippen molar-refractivity contribution in [3.8, 4) is 0 Å². The van der Waals surface area contributed by atoms with Crippen LogP contribution in [0.15, 0.2) is 35.7 Å². The Balaban J connectivity index is 2.16. The molecule has 6 nitrogen and oxygen atoms in total. The molecule has 0 aliphatic carbocycles. The Hall–Kier alpha value is -2.67. The van der Waals surface area contributed by atoms with E-state index in [1.54, 1.807) is 17.5 Å². The summed E-state index contributed by atoms with van der Waals surface area (Å²) in [6.07, 6.45) is -0.854. The molecule has 1 heterocycles. The largest absolute Gasteiger partial charge is 0.453 e. The molecule has 1 aromatic heterocycles. The zero-order valence-electron chi connectivity index (χ0n) is 12.0. The van der Waals surface area contributed by atoms with Crippen LogP contribution in [-0.4, -0.2) is 25.0 Å². The molecule has 0 radical (unpaired) electrons. The molecule has 1 aromatic carbocycles. The number of rotatable bonds is 3. The van der Waals surface area contributed by atoms with Crippen LogP contribution in [0.4, 0.5) is 9.80 Å². The maximum atomic E-state index is 12.3. The normalized spacial score (nSPS) is 9.91. The lowest BCUT2D eigenvalue weighted by Gasteiger charge is -2.08. The molecule has 114 valence electrons. The van der Waals surface area contributed by atoms with Crippen LogP contribution in [0.3, 0.4) is 0 Å². The van der Waals surface area contributed by atoms with Crippen LogP contribution < -0.4 is 10.6 Å². The molecule has 22 heavy (non-hydrogen) atoms. The Labute approximate surface area is 131 Å². The van der Waals surface area contributed by atoms with Crippen molar-refractivity contribution in [1.82, 2.24) is 5.32 Å². The van der Waals surface area contributed by atoms with Crippen molar-refractivity contribution in [3.63, 3.8) is 0 Å². The van der Waals surface area contributed by atoms with Crippen LogP contribution >= 0.6 is 11.3 Å². The van der Waals surface area contributed by atoms with Crippen molar-refractivity contribution in [2.45, 2.75) is 6.92 Å². The van der Waals surface area contributed by atoms with Gasteiger partial charge in [-0.2, -0.15) is 0 Å². The van der Waals surface area contributed by atoms with Gasteiger partial charge in [0.05, 0.1) is 12.7 Å². The minimum absolute atomic E-state index is 0.206. The quantitative estimate of drug-likeness (QED) is 0.911. The van der Waals surface area contributed by atoms with Crippen LogP contribution in [0.5, 0.6) is 0 Å². The summed E-state index contributed by atoms with van der Waals surface area (Å²) in [6, 6.07) is 8.66. The number of amides is 3. The highest BCUT2D eigenvalue weighted by atomic mass is 32.1. The number of carbonyl (C=O) groups excluding carboxylic acids is 3. The summed E-state index contributed by atoms with van der Waals surface area (Å²) in [5, 5.41) is 6.76. The first-order chi connectivity index (χ1) is 10.5. The lowest BCUT2D eigenvalue weighted by atomic mass is 10.1. The fourth-order valence-electron chi connectivity index (χ4n) is 1.79. The summed E-state index contributed by atoms with van der Waals surface area (Å²) in [7, 11) is 1.16. The van der Waals surface area contributed by atoms with Gasteiger partial charge in [-0.15, -0.1) is 11.3 Å². The SMILES string of the molecule is COC(=O)NC(=O)c1ccsc1NC(=O)c1ccccc1C. The van der Waals surface area contributed by atoms with E-state index in [1.165, 1.54) is 17.4 Å². The number of methoxy groups -OCH3 is 1. The highest BCUT2D eigenvalue weighted by molar-refractivity contribution is 7.14. The molecule has 3 amide bonds. The van der Waals surface area contributed by atoms with Crippen molar-refractivity contribution in [2.75, 3.05) is 12.4 Å². The topological polar surface area (TPSA) is 84.5 Å². The van der Waals surface area contributed by atoms with Gasteiger partial charge in [-0.3, -0.25) is 14.9 Å². The Morgan fingerprint density at radius 3 is 2.45 bits per heavy atom. The van der Waals surface area contributed by atoms with E-state index in [0.717, 1.165) is 12.7 Å². The second kappa shape index (κ2) is 6.86. The van der Waals surface area contributed by atoms with Crippen LogP contribution in [0, 0.1) is 6.92 Å². The molecular weight excluding hydrogens is 304 g/mol. The highest BCUT2D eigenvalue weighted by Gasteiger charge is 2.18. The summed E-state index contributed by atoms with van der Waals surface area (Å²) < 4.78 is 4.37. The third-order valence-corrected chi connectivity index (χ3v) is 3.76. The minimum Gasteiger partial charge on any atom is -0.453 e. The number of imide groups is 1. The van der Waals surface area contributed by atoms with Gasteiger partial charge in [0.2, 0.25) is 0 Å². The van der Waals surface area contributed by atoms with E-state index in [-0.39, 0.29) is 11.5 Å². The van der Waals surface area contributed by atoms with Crippen LogP contribution in [0.25, 0.3) is 0 Å². The molecule has 2 N–H and O–H groups in total. The highest BCUT2D eigenvalue weighted by Crippen LogP contribution is 2.24. The van der Waals surface area contributed by atoms with E-state index in [1.807, 2.05) is 19.1 Å². The number of thiophene rings is 1. The first kappa shape index (κ1) is 15.7. The van der Waals surface area contributed by atoms with Gasteiger partial charge < -0.3 is 10.1 Å². The van der Waals surface area contributed by atoms with E-state index >= 15 is 0 Å². The number of aryl methyl sites for hydroxylation is 1. The Morgan fingerprint density at radius 2 is 1.77 bits per heavy atom. The van der Waals surface area contributed by atoms with Crippen molar-refractivity contribution in [3.05, 3.63) is 52.4 Å². The molecule has 2 aromatic rings. The van der Waals surface area contributed by atoms with Gasteiger partial charge in [0.1, 0.15) is 5.00 Å². The lowest BCUT2D eigenvalue weighted by Crippen LogP contribution is -2.30. The summed E-state index contributed by atoms with van der Waals surface area (Å²) in [4.78, 5) is 35.3. The van der Waals surface area contributed by atoms with E-state index in [9.17, 15) is 14.4 Å². The predicted molar refractivity (Wildman–Crippen MR) is 83.3 cm³/mol. The van der Waals surface area contributed by atoms with Gasteiger partial charge in [-0.25, -0.2) is 4.79 Å². The number of anilines is 1. The molecule has 2 rings (SSSR count). The third kappa shape index (κ3) is 3.50. The summed E-state index contributed by atoms with van der Waals surface area (Å²) >= 11 is 1.20. The fourth-order valence-corrected chi connectivity index (χ4v) is 2.57. The molecule has 0 aliphatic rings. The van der Waals surface area contributed by atoms with Gasteiger partial charge in [-0.1, -0.05) is 18.2 Å². The molecule has 0 atom stereocenters. The zero-order chi connectivity index (χ0) is 16.1. The number of ether oxygens (including phenoxy) is 1. The molecule has 0 spiro atoms. The van der Waals surface area contributed by atoms with E-state index in [0.29, 0.717) is 10.6 Å². The number of hydrogen-bond acceptors (Lipinski definition) is 5. The third-order valence-electron chi connectivity index (χ3n) is 2.93. The molecule has 7 heteroatoms. The standard InChI is InChI=1S/C15H14N2O4S/c1-9-5-3-4-6-10(9)12(18)16-14-11(7-8-22-14)13(19)17-15(20)21-2/h3-8H,1-2H3,(H,16,18)(H,17,19,20). The first-order valence-corrected chi connectivity index (χ1v) is 7.24. The summed E-state index contributed by atoms with van der Waals surface area (Å²) in [6.45, 7) is 1.83. The Bertz CT molecular complexity index is 724. The van der Waals surface area contributed by atoms with Gasteiger partial charge in [0.25, 0.3) is 11.8 Å². The van der Waals surface area contributed by atoms with Crippen molar-refractivity contribution >= 4 is 34.2 Å². The maximum absolute atomic E-state index is 12.3. The van der Waals surface area contributed by atoms with Gasteiger partial charge >= 0.3 is 6.09 Å². The van der Waals surface area contributed by atoms with E-state index in [4.69, 9.17) is 0 Å². The molecular formula is C15H14N2O4S. The molecule has 0 saturated heterocycles. The minimum atomic E-state index is -0.854. The van der Waals surface area contributed by atoms with E-state index < -0.39 is 12.0 Å². The van der Waals surface area contributed by atoms with Crippen LogP contribution in [-0.2, 0) is 4.74 Å². The molecule has 0 unspecified atom stereocenters. The van der Waals surface area contributed by atoms with Crippen LogP contribution in [0.2, 0.25) is 0 Å². The average molecular weight is 318 g/mol. The predicted octanol–water partition coefficient (Wildman–Crippen LogP) is 2.81. The van der Waals surface area contributed by atoms with Crippen molar-refractivity contribution in [1.29, 1.82) is 0 Å². The number of carbonyl (C=O) groups is 3. The zero-order valence-corrected chi connectivity index (χ0v) is 12.8. The molecule has 0 aliphatic heterocycles. The number of nitrogens with one attached hydrogen (secondary N) is 2. The smallest absolute Gasteiger partial charge is 0.413 e. The average Bonchev–Trinajstić information content (AvgIpc) is 2.95. The first-order valence-electron chi connectivity index (χ1n) is 6.36. The van der Waals surface area contributed by atoms with Gasteiger partial charge in [0.15, 0.2) is 0 Å². The Morgan fingerprint density at radius 1 is 1.05 bits per heavy atom. The Kier molecular flexibility index (Phi) is 4.90. The summed E-state index contributed by atoms with van der Waals surface area (Å²) in [5.41, 5.74) is 1.56. The van der Waals surface area contributed by atoms with Gasteiger partial charge in [0, 0.05) is 5.56 Å². The molecule has 0 saturated carbocycles. The number of hydrogen-bond donors (Lipinski definition) is 2.